The summed E-state index contributed by atoms with van der Waals surface area (Å²) >= 11 is 1.85. The van der Waals surface area contributed by atoms with Crippen LogP contribution in [0.1, 0.15) is 19.8 Å². The SMILES string of the molecule is CC/C=N\CNC1=CC(SN2CCNCC2)=CC=CC1. The van der Waals surface area contributed by atoms with E-state index in [2.05, 4.69) is 51.2 Å². The minimum atomic E-state index is 0.666. The molecule has 0 saturated carbocycles. The van der Waals surface area contributed by atoms with Crippen molar-refractivity contribution in [1.82, 2.24) is 14.9 Å². The zero-order valence-electron chi connectivity index (χ0n) is 12.1. The number of aliphatic imine (C=N–C) groups is 1. The van der Waals surface area contributed by atoms with E-state index in [1.807, 2.05) is 18.2 Å². The fourth-order valence-corrected chi connectivity index (χ4v) is 3.04. The van der Waals surface area contributed by atoms with Gasteiger partial charge in [-0.05, 0) is 30.5 Å². The average molecular weight is 292 g/mol. The molecule has 0 radical (unpaired) electrons. The van der Waals surface area contributed by atoms with Crippen LogP contribution in [0.25, 0.3) is 0 Å². The summed E-state index contributed by atoms with van der Waals surface area (Å²) in [5.74, 6) is 0. The second-order valence-electron chi connectivity index (χ2n) is 4.75. The summed E-state index contributed by atoms with van der Waals surface area (Å²) in [6, 6.07) is 0. The molecule has 5 heteroatoms. The molecule has 2 aliphatic rings. The van der Waals surface area contributed by atoms with Gasteiger partial charge >= 0.3 is 0 Å². The Kier molecular flexibility index (Phi) is 6.91. The Morgan fingerprint density at radius 2 is 2.30 bits per heavy atom. The molecule has 20 heavy (non-hydrogen) atoms. The molecule has 1 saturated heterocycles. The monoisotopic (exact) mass is 292 g/mol. The van der Waals surface area contributed by atoms with Crippen molar-refractivity contribution in [1.29, 1.82) is 0 Å². The summed E-state index contributed by atoms with van der Waals surface area (Å²) in [5, 5.41) is 6.77. The van der Waals surface area contributed by atoms with Gasteiger partial charge in [-0.1, -0.05) is 19.1 Å². The van der Waals surface area contributed by atoms with Gasteiger partial charge in [0.25, 0.3) is 0 Å². The number of nitrogens with zero attached hydrogens (tertiary/aromatic N) is 2. The third kappa shape index (κ3) is 5.53. The Morgan fingerprint density at radius 3 is 3.10 bits per heavy atom. The van der Waals surface area contributed by atoms with Gasteiger partial charge in [-0.3, -0.25) is 4.99 Å². The molecule has 0 spiro atoms. The van der Waals surface area contributed by atoms with Crippen LogP contribution < -0.4 is 10.6 Å². The highest BCUT2D eigenvalue weighted by Crippen LogP contribution is 2.25. The summed E-state index contributed by atoms with van der Waals surface area (Å²) in [7, 11) is 0. The van der Waals surface area contributed by atoms with Gasteiger partial charge < -0.3 is 10.6 Å². The van der Waals surface area contributed by atoms with Crippen LogP contribution in [-0.4, -0.2) is 43.4 Å². The molecule has 0 aromatic heterocycles. The molecule has 1 aliphatic heterocycles. The Hall–Kier alpha value is -1.04. The molecule has 0 unspecified atom stereocenters. The van der Waals surface area contributed by atoms with E-state index < -0.39 is 0 Å². The fraction of sp³-hybridized carbons (Fsp3) is 0.533. The van der Waals surface area contributed by atoms with E-state index in [4.69, 9.17) is 0 Å². The molecule has 2 rings (SSSR count). The molecule has 1 aliphatic carbocycles. The average Bonchev–Trinajstić information content (AvgIpc) is 2.70. The summed E-state index contributed by atoms with van der Waals surface area (Å²) in [6.07, 6.45) is 12.7. The van der Waals surface area contributed by atoms with Crippen LogP contribution in [0.15, 0.2) is 39.9 Å². The van der Waals surface area contributed by atoms with E-state index in [-0.39, 0.29) is 0 Å². The van der Waals surface area contributed by atoms with Crippen molar-refractivity contribution in [3.8, 4) is 0 Å². The molecule has 1 fully saturated rings. The fourth-order valence-electron chi connectivity index (χ4n) is 2.04. The molecule has 0 aromatic carbocycles. The van der Waals surface area contributed by atoms with Crippen LogP contribution in [0.5, 0.6) is 0 Å². The molecule has 4 nitrogen and oxygen atoms in total. The van der Waals surface area contributed by atoms with Crippen molar-refractivity contribution in [2.24, 2.45) is 4.99 Å². The van der Waals surface area contributed by atoms with Gasteiger partial charge in [0.05, 0.1) is 0 Å². The first-order valence-electron chi connectivity index (χ1n) is 7.31. The highest BCUT2D eigenvalue weighted by Gasteiger charge is 2.12. The first-order chi connectivity index (χ1) is 9.88. The highest BCUT2D eigenvalue weighted by molar-refractivity contribution is 8.01. The van der Waals surface area contributed by atoms with Crippen molar-refractivity contribution < 1.29 is 0 Å². The molecular formula is C15H24N4S. The second-order valence-corrected chi connectivity index (χ2v) is 5.92. The molecule has 0 amide bonds. The number of rotatable bonds is 6. The summed E-state index contributed by atoms with van der Waals surface area (Å²) in [5.41, 5.74) is 1.24. The lowest BCUT2D eigenvalue weighted by Crippen LogP contribution is -2.39. The van der Waals surface area contributed by atoms with Crippen molar-refractivity contribution in [3.05, 3.63) is 34.9 Å². The maximum Gasteiger partial charge on any atom is 0.107 e. The Balaban J connectivity index is 1.87. The van der Waals surface area contributed by atoms with E-state index >= 15 is 0 Å². The van der Waals surface area contributed by atoms with E-state index in [9.17, 15) is 0 Å². The molecule has 0 atom stereocenters. The highest BCUT2D eigenvalue weighted by atomic mass is 32.2. The number of allylic oxidation sites excluding steroid dienone is 4. The normalized spacial score (nSPS) is 20.6. The maximum atomic E-state index is 4.31. The van der Waals surface area contributed by atoms with Gasteiger partial charge in [-0.25, -0.2) is 4.31 Å². The number of hydrogen-bond acceptors (Lipinski definition) is 5. The van der Waals surface area contributed by atoms with E-state index in [0.29, 0.717) is 6.67 Å². The van der Waals surface area contributed by atoms with Gasteiger partial charge in [-0.15, -0.1) is 0 Å². The van der Waals surface area contributed by atoms with Crippen LogP contribution in [0, 0.1) is 0 Å². The van der Waals surface area contributed by atoms with Gasteiger partial charge in [-0.2, -0.15) is 0 Å². The van der Waals surface area contributed by atoms with Crippen molar-refractivity contribution >= 4 is 18.2 Å². The number of nitrogens with one attached hydrogen (secondary N) is 2. The lowest BCUT2D eigenvalue weighted by molar-refractivity contribution is 0.398. The number of piperazine rings is 1. The van der Waals surface area contributed by atoms with Crippen molar-refractivity contribution in [2.75, 3.05) is 32.8 Å². The molecule has 110 valence electrons. The first-order valence-corrected chi connectivity index (χ1v) is 8.09. The largest absolute Gasteiger partial charge is 0.369 e. The lowest BCUT2D eigenvalue weighted by atomic mass is 10.3. The number of hydrogen-bond donors (Lipinski definition) is 2. The molecule has 2 N–H and O–H groups in total. The zero-order chi connectivity index (χ0) is 14.0. The Morgan fingerprint density at radius 1 is 1.45 bits per heavy atom. The molecular weight excluding hydrogens is 268 g/mol. The maximum absolute atomic E-state index is 4.31. The molecule has 1 heterocycles. The Labute approximate surface area is 126 Å². The topological polar surface area (TPSA) is 39.7 Å². The van der Waals surface area contributed by atoms with Crippen LogP contribution >= 0.6 is 11.9 Å². The molecule has 0 bridgehead atoms. The van der Waals surface area contributed by atoms with Crippen LogP contribution in [-0.2, 0) is 0 Å². The van der Waals surface area contributed by atoms with Crippen LogP contribution in [0.2, 0.25) is 0 Å². The smallest absolute Gasteiger partial charge is 0.107 e. The van der Waals surface area contributed by atoms with Gasteiger partial charge in [0.2, 0.25) is 0 Å². The third-order valence-corrected chi connectivity index (χ3v) is 4.16. The van der Waals surface area contributed by atoms with E-state index in [1.54, 1.807) is 0 Å². The quantitative estimate of drug-likeness (QED) is 0.582. The zero-order valence-corrected chi connectivity index (χ0v) is 13.0. The van der Waals surface area contributed by atoms with Crippen molar-refractivity contribution in [3.63, 3.8) is 0 Å². The van der Waals surface area contributed by atoms with Crippen LogP contribution in [0.4, 0.5) is 0 Å². The second kappa shape index (κ2) is 9.00. The minimum absolute atomic E-state index is 0.666. The van der Waals surface area contributed by atoms with Gasteiger partial charge in [0, 0.05) is 49.4 Å². The van der Waals surface area contributed by atoms with E-state index in [0.717, 1.165) is 39.0 Å². The lowest BCUT2D eigenvalue weighted by Gasteiger charge is -2.26. The summed E-state index contributed by atoms with van der Waals surface area (Å²) in [4.78, 5) is 5.60. The standard InChI is InChI=1S/C15H24N4S/c1-2-7-17-13-18-14-5-3-4-6-15(12-14)20-19-10-8-16-9-11-19/h3-4,6-7,12,16,18H,2,5,8-11,13H2,1H3/b17-7-. The first kappa shape index (κ1) is 15.4. The summed E-state index contributed by atoms with van der Waals surface area (Å²) < 4.78 is 2.42. The predicted molar refractivity (Wildman–Crippen MR) is 88.7 cm³/mol. The summed E-state index contributed by atoms with van der Waals surface area (Å²) in [6.45, 7) is 7.13. The van der Waals surface area contributed by atoms with Crippen molar-refractivity contribution in [2.45, 2.75) is 19.8 Å². The van der Waals surface area contributed by atoms with Crippen LogP contribution in [0.3, 0.4) is 0 Å². The van der Waals surface area contributed by atoms with Gasteiger partial charge in [0.1, 0.15) is 6.67 Å². The molecule has 0 aromatic rings. The predicted octanol–water partition coefficient (Wildman–Crippen LogP) is 2.30. The Bertz CT molecular complexity index is 406. The van der Waals surface area contributed by atoms with Gasteiger partial charge in [0.15, 0.2) is 0 Å². The van der Waals surface area contributed by atoms with E-state index in [1.165, 1.54) is 10.6 Å². The minimum Gasteiger partial charge on any atom is -0.369 e. The third-order valence-electron chi connectivity index (χ3n) is 3.07.